The first-order valence-electron chi connectivity index (χ1n) is 33.9. The summed E-state index contributed by atoms with van der Waals surface area (Å²) in [7, 11) is 11.1. The molecule has 1 aliphatic heterocycles. The lowest BCUT2D eigenvalue weighted by Crippen LogP contribution is -2.64. The maximum atomic E-state index is 15.3. The Labute approximate surface area is 577 Å². The lowest BCUT2D eigenvalue weighted by Gasteiger charge is -2.41. The van der Waals surface area contributed by atoms with Gasteiger partial charge in [-0.05, 0) is 116 Å². The minimum atomic E-state index is -1.68. The van der Waals surface area contributed by atoms with Gasteiger partial charge >= 0.3 is 5.97 Å². The van der Waals surface area contributed by atoms with Crippen molar-refractivity contribution in [3.05, 3.63) is 19.1 Å². The monoisotopic (exact) mass is 1380 g/mol. The number of allylic oxidation sites excluding steroid dienone is 2. The van der Waals surface area contributed by atoms with Crippen molar-refractivity contribution in [3.8, 4) is 0 Å². The number of thioether (sulfide) groups is 1. The van der Waals surface area contributed by atoms with Gasteiger partial charge in [-0.3, -0.25) is 62.4 Å². The zero-order valence-corrected chi connectivity index (χ0v) is 63.1. The van der Waals surface area contributed by atoms with Crippen LogP contribution >= 0.6 is 11.8 Å². The summed E-state index contributed by atoms with van der Waals surface area (Å²) < 4.78 is 4.81. The summed E-state index contributed by atoms with van der Waals surface area (Å²) in [5.41, 5.74) is -1.53. The number of nitrogens with one attached hydrogen (secondary N) is 4. The molecule has 0 spiro atoms. The van der Waals surface area contributed by atoms with Gasteiger partial charge in [-0.25, -0.2) is 0 Å². The van der Waals surface area contributed by atoms with Gasteiger partial charge < -0.3 is 65.6 Å². The minimum Gasteiger partial charge on any atom is -0.469 e. The van der Waals surface area contributed by atoms with Crippen LogP contribution in [-0.4, -0.2) is 268 Å². The molecule has 0 saturated carbocycles. The van der Waals surface area contributed by atoms with Crippen molar-refractivity contribution in [2.24, 2.45) is 35.5 Å². The van der Waals surface area contributed by atoms with E-state index in [1.807, 2.05) is 27.7 Å². The largest absolute Gasteiger partial charge is 0.469 e. The summed E-state index contributed by atoms with van der Waals surface area (Å²) in [5.74, 6) is -10.7. The molecule has 548 valence electrons. The van der Waals surface area contributed by atoms with Crippen LogP contribution in [0, 0.1) is 42.4 Å². The van der Waals surface area contributed by atoms with E-state index in [2.05, 4.69) is 28.2 Å². The standard InChI is InChI=1S/C69H121N11O15S/c1-26-28-30-44(13)58(83)57-62(87)72-47(27-2)64(89)78(22)52(38-96-32-29-31-54(82)95-25)53(81)37-74(18)51(36-69(16,17)94)61(86)73-55(42(9)10)67(92)75(19)48(33-39(3)4)60(85)70-45(14)59(84)71-46(15)63(88)76(20)49(34-40(5)6)65(90)77(21)50(35-41(7)8)66(91)79(23)56(43(11)12)68(93)80(57)24/h26,28,39-52,55-58,83,94H,5,27,29-38H2,1-4,6-25H3,(H3-,70,71,72,73,84,85,86,87)/p+1/b28-26+/t40?,44-,45+,46-,47+,48+,49+,50+,51+,52+,55+,56+,57+,58-/m1/s1. The van der Waals surface area contributed by atoms with Crippen LogP contribution in [0.5, 0.6) is 0 Å². The molecule has 6 N–H and O–H groups in total. The predicted molar refractivity (Wildman–Crippen MR) is 372 cm³/mol. The van der Waals surface area contributed by atoms with Crippen LogP contribution in [0.4, 0.5) is 0 Å². The second kappa shape index (κ2) is 40.5. The van der Waals surface area contributed by atoms with E-state index in [-0.39, 0.29) is 62.5 Å². The van der Waals surface area contributed by atoms with Gasteiger partial charge in [0.15, 0.2) is 5.78 Å². The number of methoxy groups -OCH3 is 1. The Hall–Kier alpha value is -6.32. The smallest absolute Gasteiger partial charge is 0.305 e. The minimum absolute atomic E-state index is 0.0225. The molecule has 1 rings (SSSR count). The van der Waals surface area contributed by atoms with Gasteiger partial charge in [0.1, 0.15) is 60.4 Å². The number of hydrogen-bond donors (Lipinski definition) is 6. The van der Waals surface area contributed by atoms with Crippen molar-refractivity contribution in [2.45, 2.75) is 240 Å². The number of ether oxygens (including phenoxy) is 1. The summed E-state index contributed by atoms with van der Waals surface area (Å²) in [6.45, 7) is 30.4. The number of ketones is 1. The Bertz CT molecular complexity index is 2650. The van der Waals surface area contributed by atoms with Crippen LogP contribution in [0.25, 0.3) is 0 Å². The molecule has 1 fully saturated rings. The molecule has 0 aromatic rings. The van der Waals surface area contributed by atoms with Crippen molar-refractivity contribution < 1.29 is 72.5 Å². The fourth-order valence-electron chi connectivity index (χ4n) is 11.7. The third kappa shape index (κ3) is 26.2. The number of aliphatic hydroxyl groups excluding tert-OH is 1. The summed E-state index contributed by atoms with van der Waals surface area (Å²) in [4.78, 5) is 184. The van der Waals surface area contributed by atoms with Gasteiger partial charge in [0.05, 0.1) is 44.2 Å². The predicted octanol–water partition coefficient (Wildman–Crippen LogP) is 3.30. The lowest BCUT2D eigenvalue weighted by atomic mass is 9.91. The molecule has 96 heavy (non-hydrogen) atoms. The fourth-order valence-corrected chi connectivity index (χ4v) is 12.9. The summed E-state index contributed by atoms with van der Waals surface area (Å²) in [6.07, 6.45) is 2.65. The van der Waals surface area contributed by atoms with Crippen LogP contribution in [0.2, 0.25) is 0 Å². The molecular formula is C69H122N11O15S+. The molecule has 27 heteroatoms. The van der Waals surface area contributed by atoms with Crippen molar-refractivity contribution in [3.63, 3.8) is 0 Å². The molecular weight excluding hydrogens is 1250 g/mol. The van der Waals surface area contributed by atoms with Crippen LogP contribution in [0.3, 0.4) is 0 Å². The van der Waals surface area contributed by atoms with Gasteiger partial charge in [-0.1, -0.05) is 81.4 Å². The summed E-state index contributed by atoms with van der Waals surface area (Å²) in [6, 6.07) is -14.4. The Kier molecular flexibility index (Phi) is 37.0. The van der Waals surface area contributed by atoms with Crippen molar-refractivity contribution >= 4 is 82.6 Å². The first kappa shape index (κ1) is 87.7. The van der Waals surface area contributed by atoms with Gasteiger partial charge in [0, 0.05) is 67.3 Å². The first-order valence-corrected chi connectivity index (χ1v) is 35.0. The highest BCUT2D eigenvalue weighted by molar-refractivity contribution is 7.99. The number of likely N-dealkylation sites (N-methyl/N-ethyl adjacent to an activating group) is 7. The second-order valence-electron chi connectivity index (χ2n) is 28.6. The Morgan fingerprint density at radius 1 is 0.615 bits per heavy atom. The van der Waals surface area contributed by atoms with Crippen molar-refractivity contribution in [2.75, 3.05) is 74.5 Å². The number of aliphatic hydroxyl groups is 2. The van der Waals surface area contributed by atoms with Crippen molar-refractivity contribution in [1.82, 2.24) is 55.6 Å². The molecule has 0 bridgehead atoms. The number of nitrogens with zero attached hydrogens (tertiary/aromatic N) is 7. The third-order valence-electron chi connectivity index (χ3n) is 17.7. The van der Waals surface area contributed by atoms with E-state index in [0.29, 0.717) is 12.2 Å². The highest BCUT2D eigenvalue weighted by Gasteiger charge is 2.46. The zero-order chi connectivity index (χ0) is 74.3. The SMILES string of the molecule is [CH2+]C(C)C[C@H]1C(=O)N(C)[C@@H](CC(C)C)C(=O)N(C)[C@@H](C(C)C)C(=O)N(C)[C@@H]([C@H](O)[C@H](C)C/C=C/C)C(=O)N[C@@H](CC)C(=O)N(C)[C@@H](CSCCCC(=O)OC)C(=O)CN(C)[C@@H](CC(C)(C)O)C(=O)N[C@@H](C(C)C)C(=O)N(C)[C@@H](CC(C)C)C(=O)N[C@@H](C)C(=O)N[C@H](C)C(=O)N1C. The van der Waals surface area contributed by atoms with E-state index in [1.54, 1.807) is 67.5 Å². The molecule has 10 amide bonds. The van der Waals surface area contributed by atoms with Crippen LogP contribution in [-0.2, 0) is 62.3 Å². The molecule has 1 aliphatic rings. The molecule has 1 unspecified atom stereocenters. The summed E-state index contributed by atoms with van der Waals surface area (Å²) in [5, 5.41) is 34.6. The molecule has 0 radical (unpaired) electrons. The van der Waals surface area contributed by atoms with E-state index >= 15 is 28.8 Å². The average Bonchev–Trinajstić information content (AvgIpc) is 0.851. The van der Waals surface area contributed by atoms with Crippen LogP contribution in [0.1, 0.15) is 162 Å². The lowest BCUT2D eigenvalue weighted by molar-refractivity contribution is -0.157. The number of carbonyl (C=O) groups excluding carboxylic acids is 12. The maximum Gasteiger partial charge on any atom is 0.305 e. The highest BCUT2D eigenvalue weighted by Crippen LogP contribution is 2.27. The number of carbonyl (C=O) groups is 12. The van der Waals surface area contributed by atoms with Crippen LogP contribution < -0.4 is 21.3 Å². The van der Waals surface area contributed by atoms with Crippen molar-refractivity contribution in [1.29, 1.82) is 0 Å². The molecule has 0 aromatic carbocycles. The van der Waals surface area contributed by atoms with Gasteiger partial charge in [0.2, 0.25) is 59.1 Å². The fraction of sp³-hybridized carbons (Fsp3) is 0.783. The number of rotatable bonds is 21. The van der Waals surface area contributed by atoms with E-state index in [9.17, 15) is 39.0 Å². The zero-order valence-electron chi connectivity index (χ0n) is 62.3. The molecule has 1 saturated heterocycles. The molecule has 14 atom stereocenters. The molecule has 1 heterocycles. The average molecular weight is 1380 g/mol. The number of hydrogen-bond acceptors (Lipinski definition) is 17. The Balaban J connectivity index is 4.52. The highest BCUT2D eigenvalue weighted by atomic mass is 32.2. The quantitative estimate of drug-likeness (QED) is 0.0416. The Morgan fingerprint density at radius 3 is 1.60 bits per heavy atom. The second-order valence-corrected chi connectivity index (χ2v) is 29.7. The number of amides is 10. The maximum absolute atomic E-state index is 15.3. The van der Waals surface area contributed by atoms with E-state index in [4.69, 9.17) is 4.74 Å². The van der Waals surface area contributed by atoms with E-state index in [0.717, 1.165) is 4.90 Å². The normalized spacial score (nSPS) is 26.6. The molecule has 26 nitrogen and oxygen atoms in total. The molecule has 0 aliphatic carbocycles. The Morgan fingerprint density at radius 2 is 1.10 bits per heavy atom. The van der Waals surface area contributed by atoms with E-state index in [1.165, 1.54) is 125 Å². The van der Waals surface area contributed by atoms with Crippen LogP contribution in [0.15, 0.2) is 12.2 Å². The first-order chi connectivity index (χ1) is 44.3. The van der Waals surface area contributed by atoms with Gasteiger partial charge in [0.25, 0.3) is 0 Å². The topological polar surface area (TPSA) is 325 Å². The summed E-state index contributed by atoms with van der Waals surface area (Å²) >= 11 is 1.27. The van der Waals surface area contributed by atoms with Gasteiger partial charge in [-0.2, -0.15) is 11.8 Å². The van der Waals surface area contributed by atoms with E-state index < -0.39 is 179 Å². The third-order valence-corrected chi connectivity index (χ3v) is 18.8. The number of esters is 1. The molecule has 0 aromatic heterocycles. The van der Waals surface area contributed by atoms with Gasteiger partial charge in [-0.15, -0.1) is 0 Å². The number of Topliss-reactive ketones (excluding diaryl/α,β-unsaturated/α-hetero) is 1.